The summed E-state index contributed by atoms with van der Waals surface area (Å²) in [6.07, 6.45) is 0. The second kappa shape index (κ2) is 13.4. The van der Waals surface area contributed by atoms with Crippen molar-refractivity contribution < 1.29 is 0 Å². The van der Waals surface area contributed by atoms with E-state index in [2.05, 4.69) is 232 Å². The Morgan fingerprint density at radius 1 is 0.224 bits per heavy atom. The fourth-order valence-corrected chi connectivity index (χ4v) is 12.2. The van der Waals surface area contributed by atoms with E-state index < -0.39 is 0 Å². The molecule has 0 heterocycles. The van der Waals surface area contributed by atoms with Gasteiger partial charge in [-0.3, -0.25) is 0 Å². The Hall–Kier alpha value is -8.32. The van der Waals surface area contributed by atoms with E-state index in [0.717, 1.165) is 0 Å². The van der Waals surface area contributed by atoms with Crippen LogP contribution in [0, 0.1) is 0 Å². The molecule has 0 saturated heterocycles. The predicted molar refractivity (Wildman–Crippen MR) is 288 cm³/mol. The lowest BCUT2D eigenvalue weighted by Crippen LogP contribution is -2.15. The zero-order valence-corrected chi connectivity index (χ0v) is 37.3. The minimum Gasteiger partial charge on any atom is -0.0610 e. The molecule has 0 atom stereocenters. The minimum atomic E-state index is -0.142. The number of rotatable bonds is 4. The maximum Gasteiger partial charge on any atom is 0.0159 e. The van der Waals surface area contributed by atoms with Crippen LogP contribution < -0.4 is 0 Å². The van der Waals surface area contributed by atoms with E-state index >= 15 is 0 Å². The van der Waals surface area contributed by atoms with Crippen molar-refractivity contribution in [2.45, 2.75) is 19.3 Å². The summed E-state index contributed by atoms with van der Waals surface area (Å²) < 4.78 is 0. The highest BCUT2D eigenvalue weighted by Gasteiger charge is 2.36. The van der Waals surface area contributed by atoms with Gasteiger partial charge in [0.05, 0.1) is 0 Å². The van der Waals surface area contributed by atoms with E-state index in [0.29, 0.717) is 0 Å². The first-order valence-corrected chi connectivity index (χ1v) is 23.6. The highest BCUT2D eigenvalue weighted by molar-refractivity contribution is 6.26. The Kier molecular flexibility index (Phi) is 7.38. The van der Waals surface area contributed by atoms with Crippen LogP contribution >= 0.6 is 0 Å². The molecule has 0 N–H and O–H groups in total. The van der Waals surface area contributed by atoms with E-state index in [1.54, 1.807) is 0 Å². The minimum absolute atomic E-state index is 0.142. The van der Waals surface area contributed by atoms with Crippen LogP contribution in [0.15, 0.2) is 218 Å². The van der Waals surface area contributed by atoms with E-state index in [1.165, 1.54) is 153 Å². The molecule has 1 aliphatic rings. The summed E-state index contributed by atoms with van der Waals surface area (Å²) in [5.41, 5.74) is 15.4. The third kappa shape index (κ3) is 5.36. The van der Waals surface area contributed by atoms with Gasteiger partial charge < -0.3 is 0 Å². The van der Waals surface area contributed by atoms with Crippen molar-refractivity contribution in [3.05, 3.63) is 230 Å². The molecule has 0 heteroatoms. The van der Waals surface area contributed by atoms with Gasteiger partial charge in [-0.05, 0) is 201 Å². The van der Waals surface area contributed by atoms with Crippen molar-refractivity contribution in [1.82, 2.24) is 0 Å². The topological polar surface area (TPSA) is 0 Å². The van der Waals surface area contributed by atoms with Crippen molar-refractivity contribution in [3.63, 3.8) is 0 Å². The average Bonchev–Trinajstić information content (AvgIpc) is 3.60. The maximum atomic E-state index is 2.45. The summed E-state index contributed by atoms with van der Waals surface area (Å²) >= 11 is 0. The second-order valence-corrected chi connectivity index (χ2v) is 19.7. The van der Waals surface area contributed by atoms with Gasteiger partial charge in [-0.25, -0.2) is 0 Å². The molecule has 0 saturated carbocycles. The standard InChI is InChI=1S/C67H42/c1-67(2)61-37-51(47-14-13-45-33-50(18-17-44(45)31-47)56-35-54-21-11-39-5-3-6-40-12-22-55(36-56)65(54)63(39)40)25-28-58(61)59-29-26-52(38-62(59)67)48-15-16-49-34-53(20-19-46(49)32-48)57-27-23-43-10-9-41-7-4-8-42-24-30-60(57)66(43)64(41)42/h3-38H,1-2H3. The van der Waals surface area contributed by atoms with Crippen LogP contribution in [0.25, 0.3) is 142 Å². The third-order valence-corrected chi connectivity index (χ3v) is 15.7. The largest absolute Gasteiger partial charge is 0.0610 e. The zero-order chi connectivity index (χ0) is 44.1. The monoisotopic (exact) mass is 846 g/mol. The molecule has 0 radical (unpaired) electrons. The molecule has 0 nitrogen and oxygen atoms in total. The molecule has 0 aromatic heterocycles. The molecule has 1 aliphatic carbocycles. The van der Waals surface area contributed by atoms with Gasteiger partial charge in [0.2, 0.25) is 0 Å². The molecule has 0 fully saturated rings. The Balaban J connectivity index is 0.729. The molecule has 14 aromatic carbocycles. The lowest BCUT2D eigenvalue weighted by atomic mass is 9.80. The van der Waals surface area contributed by atoms with Gasteiger partial charge >= 0.3 is 0 Å². The fourth-order valence-electron chi connectivity index (χ4n) is 12.2. The summed E-state index contributed by atoms with van der Waals surface area (Å²) in [5, 5.41) is 20.9. The first-order valence-electron chi connectivity index (χ1n) is 23.6. The van der Waals surface area contributed by atoms with E-state index in [1.807, 2.05) is 0 Å². The molecule has 0 spiro atoms. The van der Waals surface area contributed by atoms with Crippen molar-refractivity contribution in [1.29, 1.82) is 0 Å². The second-order valence-electron chi connectivity index (χ2n) is 19.7. The van der Waals surface area contributed by atoms with Crippen molar-refractivity contribution >= 4 is 86.2 Å². The smallest absolute Gasteiger partial charge is 0.0159 e. The van der Waals surface area contributed by atoms with Crippen LogP contribution in [0.3, 0.4) is 0 Å². The number of benzene rings is 14. The highest BCUT2D eigenvalue weighted by atomic mass is 14.4. The normalized spacial score (nSPS) is 13.3. The van der Waals surface area contributed by atoms with Crippen LogP contribution in [0.2, 0.25) is 0 Å². The molecule has 15 rings (SSSR count). The molecule has 0 amide bonds. The summed E-state index contributed by atoms with van der Waals surface area (Å²) in [5.74, 6) is 0. The van der Waals surface area contributed by atoms with Crippen molar-refractivity contribution in [2.75, 3.05) is 0 Å². The van der Waals surface area contributed by atoms with E-state index in [9.17, 15) is 0 Å². The maximum absolute atomic E-state index is 2.45. The van der Waals surface area contributed by atoms with E-state index in [-0.39, 0.29) is 5.41 Å². The van der Waals surface area contributed by atoms with Gasteiger partial charge in [0.25, 0.3) is 0 Å². The lowest BCUT2D eigenvalue weighted by Gasteiger charge is -2.23. The Labute approximate surface area is 388 Å². The van der Waals surface area contributed by atoms with Crippen LogP contribution in [0.1, 0.15) is 25.0 Å². The predicted octanol–water partition coefficient (Wildman–Crippen LogP) is 18.8. The zero-order valence-electron chi connectivity index (χ0n) is 37.3. The van der Waals surface area contributed by atoms with Crippen molar-refractivity contribution in [2.24, 2.45) is 0 Å². The number of hydrogen-bond acceptors (Lipinski definition) is 0. The summed E-state index contributed by atoms with van der Waals surface area (Å²) in [6.45, 7) is 4.79. The van der Waals surface area contributed by atoms with Crippen LogP contribution in [0.5, 0.6) is 0 Å². The first-order chi connectivity index (χ1) is 32.9. The Morgan fingerprint density at radius 2 is 0.537 bits per heavy atom. The molecule has 0 aliphatic heterocycles. The summed E-state index contributed by atoms with van der Waals surface area (Å²) in [6, 6.07) is 82.9. The number of fused-ring (bicyclic) bond motifs is 5. The van der Waals surface area contributed by atoms with Gasteiger partial charge in [-0.15, -0.1) is 0 Å². The first kappa shape index (κ1) is 37.0. The molecule has 0 unspecified atom stereocenters. The molecular formula is C67H42. The van der Waals surface area contributed by atoms with Crippen LogP contribution in [0.4, 0.5) is 0 Å². The Morgan fingerprint density at radius 3 is 1.06 bits per heavy atom. The quantitative estimate of drug-likeness (QED) is 0.155. The summed E-state index contributed by atoms with van der Waals surface area (Å²) in [4.78, 5) is 0. The molecule has 14 aromatic rings. The van der Waals surface area contributed by atoms with E-state index in [4.69, 9.17) is 0 Å². The van der Waals surface area contributed by atoms with Gasteiger partial charge in [0, 0.05) is 5.41 Å². The SMILES string of the molecule is CC1(C)c2cc(-c3ccc4cc(-c5cc6ccc7cccc8ccc(c5)c6c78)ccc4c3)ccc2-c2ccc(-c3ccc4cc(-c5ccc6ccc7cccc8ccc5c6c78)ccc4c3)cc21. The fraction of sp³-hybridized carbons (Fsp3) is 0.0448. The van der Waals surface area contributed by atoms with Crippen LogP contribution in [-0.4, -0.2) is 0 Å². The van der Waals surface area contributed by atoms with Gasteiger partial charge in [-0.2, -0.15) is 0 Å². The van der Waals surface area contributed by atoms with Gasteiger partial charge in [0.1, 0.15) is 0 Å². The Bertz CT molecular complexity index is 4330. The lowest BCUT2D eigenvalue weighted by molar-refractivity contribution is 0.661. The summed E-state index contributed by atoms with van der Waals surface area (Å²) in [7, 11) is 0. The molecular weight excluding hydrogens is 805 g/mol. The van der Waals surface area contributed by atoms with Gasteiger partial charge in [-0.1, -0.05) is 184 Å². The highest BCUT2D eigenvalue weighted by Crippen LogP contribution is 2.51. The molecule has 67 heavy (non-hydrogen) atoms. The average molecular weight is 847 g/mol. The number of hydrogen-bond donors (Lipinski definition) is 0. The third-order valence-electron chi connectivity index (χ3n) is 15.7. The molecule has 0 bridgehead atoms. The van der Waals surface area contributed by atoms with Gasteiger partial charge in [0.15, 0.2) is 0 Å². The van der Waals surface area contributed by atoms with Crippen LogP contribution in [-0.2, 0) is 5.41 Å². The van der Waals surface area contributed by atoms with Crippen molar-refractivity contribution in [3.8, 4) is 55.6 Å². The molecule has 310 valence electrons.